The first kappa shape index (κ1) is 10.3. The van der Waals surface area contributed by atoms with Gasteiger partial charge in [0.2, 0.25) is 0 Å². The smallest absolute Gasteiger partial charge is 0.115 e. The molecule has 0 bridgehead atoms. The van der Waals surface area contributed by atoms with E-state index < -0.39 is 0 Å². The van der Waals surface area contributed by atoms with Gasteiger partial charge in [-0.05, 0) is 31.7 Å². The van der Waals surface area contributed by atoms with Gasteiger partial charge in [-0.3, -0.25) is 0 Å². The van der Waals surface area contributed by atoms with Crippen molar-refractivity contribution in [2.45, 2.75) is 38.1 Å². The van der Waals surface area contributed by atoms with Crippen LogP contribution in [0.15, 0.2) is 30.2 Å². The Morgan fingerprint density at radius 2 is 2.20 bits per heavy atom. The minimum atomic E-state index is -0.0360. The van der Waals surface area contributed by atoms with E-state index in [4.69, 9.17) is 5.73 Å². The summed E-state index contributed by atoms with van der Waals surface area (Å²) in [5.74, 6) is 0. The fourth-order valence-corrected chi connectivity index (χ4v) is 2.00. The fourth-order valence-electron chi connectivity index (χ4n) is 2.00. The largest absolute Gasteiger partial charge is 0.319 e. The molecule has 0 amide bonds. The molecule has 2 rings (SSSR count). The minimum Gasteiger partial charge on any atom is -0.319 e. The van der Waals surface area contributed by atoms with Crippen molar-refractivity contribution in [3.05, 3.63) is 35.9 Å². The van der Waals surface area contributed by atoms with Crippen LogP contribution in [0.3, 0.4) is 0 Å². The van der Waals surface area contributed by atoms with Gasteiger partial charge in [-0.2, -0.15) is 0 Å². The fraction of sp³-hybridized carbons (Fsp3) is 0.500. The van der Waals surface area contributed by atoms with Gasteiger partial charge in [0.25, 0.3) is 0 Å². The van der Waals surface area contributed by atoms with E-state index in [1.807, 2.05) is 6.07 Å². The quantitative estimate of drug-likeness (QED) is 0.751. The van der Waals surface area contributed by atoms with Gasteiger partial charge in [0.1, 0.15) is 6.33 Å². The Kier molecular flexibility index (Phi) is 3.45. The van der Waals surface area contributed by atoms with E-state index in [0.29, 0.717) is 0 Å². The molecule has 0 spiro atoms. The highest BCUT2D eigenvalue weighted by Gasteiger charge is 2.13. The van der Waals surface area contributed by atoms with Crippen molar-refractivity contribution < 1.29 is 0 Å². The Hall–Kier alpha value is -1.22. The lowest BCUT2D eigenvalue weighted by atomic mass is 10.00. The van der Waals surface area contributed by atoms with Gasteiger partial charge in [0.05, 0.1) is 11.7 Å². The van der Waals surface area contributed by atoms with Gasteiger partial charge in [0.15, 0.2) is 0 Å². The maximum atomic E-state index is 6.18. The van der Waals surface area contributed by atoms with E-state index in [9.17, 15) is 0 Å². The number of hydrogen-bond donors (Lipinski definition) is 1. The van der Waals surface area contributed by atoms with Crippen LogP contribution in [-0.2, 0) is 0 Å². The Bertz CT molecular complexity index is 332. The first-order valence-corrected chi connectivity index (χ1v) is 5.58. The molecular formula is C12H17N3. The predicted octanol–water partition coefficient (Wildman–Crippen LogP) is 2.37. The van der Waals surface area contributed by atoms with E-state index >= 15 is 0 Å². The Balaban J connectivity index is 2.13. The second kappa shape index (κ2) is 5.03. The number of rotatable bonds is 2. The van der Waals surface area contributed by atoms with Crippen LogP contribution < -0.4 is 5.73 Å². The van der Waals surface area contributed by atoms with Gasteiger partial charge < -0.3 is 5.73 Å². The predicted molar refractivity (Wildman–Crippen MR) is 60.1 cm³/mol. The van der Waals surface area contributed by atoms with Crippen LogP contribution in [0.5, 0.6) is 0 Å². The lowest BCUT2D eigenvalue weighted by Crippen LogP contribution is -2.14. The Morgan fingerprint density at radius 1 is 1.27 bits per heavy atom. The zero-order valence-electron chi connectivity index (χ0n) is 8.89. The minimum absolute atomic E-state index is 0.0360. The molecule has 2 N–H and O–H groups in total. The number of aromatic nitrogens is 2. The molecule has 1 heterocycles. The second-order valence-corrected chi connectivity index (χ2v) is 3.99. The van der Waals surface area contributed by atoms with Crippen LogP contribution in [0, 0.1) is 0 Å². The molecule has 3 nitrogen and oxygen atoms in total. The first-order valence-electron chi connectivity index (χ1n) is 5.58. The molecule has 15 heavy (non-hydrogen) atoms. The maximum absolute atomic E-state index is 6.18. The number of nitrogens with two attached hydrogens (primary N) is 1. The molecule has 1 aromatic rings. The summed E-state index contributed by atoms with van der Waals surface area (Å²) >= 11 is 0. The molecule has 0 saturated carbocycles. The van der Waals surface area contributed by atoms with Crippen LogP contribution in [-0.4, -0.2) is 9.97 Å². The van der Waals surface area contributed by atoms with Gasteiger partial charge in [-0.25, -0.2) is 9.97 Å². The standard InChI is InChI=1S/C12H17N3/c13-12(11-7-8-14-9-15-11)10-5-3-1-2-4-6-10/h5,7-9,12H,1-4,6,13H2. The lowest BCUT2D eigenvalue weighted by Gasteiger charge is -2.14. The Morgan fingerprint density at radius 3 is 3.00 bits per heavy atom. The Labute approximate surface area is 90.4 Å². The van der Waals surface area contributed by atoms with E-state index in [1.54, 1.807) is 12.5 Å². The lowest BCUT2D eigenvalue weighted by molar-refractivity contribution is 0.681. The normalized spacial score (nSPS) is 19.1. The van der Waals surface area contributed by atoms with Gasteiger partial charge in [-0.1, -0.05) is 18.1 Å². The summed E-state index contributed by atoms with van der Waals surface area (Å²) in [7, 11) is 0. The summed E-state index contributed by atoms with van der Waals surface area (Å²) in [5, 5.41) is 0. The van der Waals surface area contributed by atoms with Crippen molar-refractivity contribution in [3.8, 4) is 0 Å². The van der Waals surface area contributed by atoms with Crippen molar-refractivity contribution in [3.63, 3.8) is 0 Å². The molecule has 0 saturated heterocycles. The van der Waals surface area contributed by atoms with Crippen LogP contribution in [0.1, 0.15) is 43.8 Å². The molecule has 1 aromatic heterocycles. The average molecular weight is 203 g/mol. The molecule has 0 aliphatic heterocycles. The van der Waals surface area contributed by atoms with Crippen LogP contribution in [0.2, 0.25) is 0 Å². The SMILES string of the molecule is NC(C1=CCCCCC1)c1ccncn1. The highest BCUT2D eigenvalue weighted by atomic mass is 14.8. The summed E-state index contributed by atoms with van der Waals surface area (Å²) < 4.78 is 0. The molecule has 1 unspecified atom stereocenters. The number of nitrogens with zero attached hydrogens (tertiary/aromatic N) is 2. The zero-order valence-corrected chi connectivity index (χ0v) is 8.89. The zero-order chi connectivity index (χ0) is 10.5. The monoisotopic (exact) mass is 203 g/mol. The molecule has 0 aromatic carbocycles. The van der Waals surface area contributed by atoms with Crippen molar-refractivity contribution in [1.29, 1.82) is 0 Å². The third-order valence-electron chi connectivity index (χ3n) is 2.90. The van der Waals surface area contributed by atoms with Crippen LogP contribution in [0.25, 0.3) is 0 Å². The van der Waals surface area contributed by atoms with E-state index in [2.05, 4.69) is 16.0 Å². The van der Waals surface area contributed by atoms with Crippen molar-refractivity contribution in [2.75, 3.05) is 0 Å². The van der Waals surface area contributed by atoms with Gasteiger partial charge in [-0.15, -0.1) is 0 Å². The van der Waals surface area contributed by atoms with E-state index in [-0.39, 0.29) is 6.04 Å². The summed E-state index contributed by atoms with van der Waals surface area (Å²) in [6, 6.07) is 1.86. The van der Waals surface area contributed by atoms with Crippen molar-refractivity contribution in [1.82, 2.24) is 9.97 Å². The van der Waals surface area contributed by atoms with E-state index in [0.717, 1.165) is 18.5 Å². The van der Waals surface area contributed by atoms with Crippen molar-refractivity contribution in [2.24, 2.45) is 5.73 Å². The highest BCUT2D eigenvalue weighted by molar-refractivity contribution is 5.21. The summed E-state index contributed by atoms with van der Waals surface area (Å²) in [4.78, 5) is 8.11. The van der Waals surface area contributed by atoms with Crippen LogP contribution >= 0.6 is 0 Å². The van der Waals surface area contributed by atoms with E-state index in [1.165, 1.54) is 24.8 Å². The first-order chi connectivity index (χ1) is 7.38. The average Bonchev–Trinajstić information content (AvgIpc) is 2.58. The summed E-state index contributed by atoms with van der Waals surface area (Å²) in [6.45, 7) is 0. The van der Waals surface area contributed by atoms with Gasteiger partial charge in [0, 0.05) is 6.20 Å². The molecule has 80 valence electrons. The third-order valence-corrected chi connectivity index (χ3v) is 2.90. The number of allylic oxidation sites excluding steroid dienone is 1. The second-order valence-electron chi connectivity index (χ2n) is 3.99. The van der Waals surface area contributed by atoms with Gasteiger partial charge >= 0.3 is 0 Å². The molecule has 0 fully saturated rings. The number of hydrogen-bond acceptors (Lipinski definition) is 3. The summed E-state index contributed by atoms with van der Waals surface area (Å²) in [6.07, 6.45) is 11.7. The molecule has 1 aliphatic carbocycles. The molecule has 3 heteroatoms. The van der Waals surface area contributed by atoms with Crippen LogP contribution in [0.4, 0.5) is 0 Å². The molecule has 1 aliphatic rings. The molecule has 0 radical (unpaired) electrons. The third kappa shape index (κ3) is 2.63. The maximum Gasteiger partial charge on any atom is 0.115 e. The topological polar surface area (TPSA) is 51.8 Å². The molecule has 1 atom stereocenters. The molecular weight excluding hydrogens is 186 g/mol. The highest BCUT2D eigenvalue weighted by Crippen LogP contribution is 2.25. The summed E-state index contributed by atoms with van der Waals surface area (Å²) in [5.41, 5.74) is 8.45. The van der Waals surface area contributed by atoms with Crippen molar-refractivity contribution >= 4 is 0 Å².